The topological polar surface area (TPSA) is 49.5 Å². The molecule has 88 valence electrons. The van der Waals surface area contributed by atoms with Gasteiger partial charge in [0.05, 0.1) is 0 Å². The van der Waals surface area contributed by atoms with Crippen LogP contribution in [0.2, 0.25) is 0 Å². The minimum atomic E-state index is 0.257. The van der Waals surface area contributed by atoms with Crippen LogP contribution < -0.4 is 5.73 Å². The zero-order valence-corrected chi connectivity index (χ0v) is 9.55. The number of likely N-dealkylation sites (tertiary alicyclic amines) is 1. The van der Waals surface area contributed by atoms with E-state index in [-0.39, 0.29) is 6.61 Å². The normalized spacial score (nSPS) is 26.1. The average molecular weight is 220 g/mol. The van der Waals surface area contributed by atoms with E-state index in [4.69, 9.17) is 5.73 Å². The molecule has 3 N–H and O–H groups in total. The molecule has 0 amide bonds. The molecule has 0 bridgehead atoms. The van der Waals surface area contributed by atoms with Crippen LogP contribution in [0.3, 0.4) is 0 Å². The van der Waals surface area contributed by atoms with Crippen LogP contribution in [0.4, 0.5) is 0 Å². The highest BCUT2D eigenvalue weighted by Gasteiger charge is 2.30. The van der Waals surface area contributed by atoms with Crippen molar-refractivity contribution in [3.8, 4) is 0 Å². The van der Waals surface area contributed by atoms with E-state index in [1.54, 1.807) is 0 Å². The van der Waals surface area contributed by atoms with E-state index in [1.807, 2.05) is 6.07 Å². The van der Waals surface area contributed by atoms with E-state index in [2.05, 4.69) is 29.2 Å². The third kappa shape index (κ3) is 2.61. The molecule has 1 aromatic carbocycles. The Morgan fingerprint density at radius 1 is 1.19 bits per heavy atom. The largest absolute Gasteiger partial charge is 0.396 e. The number of hydrogen-bond donors (Lipinski definition) is 2. The molecule has 1 aliphatic heterocycles. The Kier molecular flexibility index (Phi) is 3.93. The molecule has 2 rings (SSSR count). The fourth-order valence-electron chi connectivity index (χ4n) is 2.48. The van der Waals surface area contributed by atoms with Crippen molar-refractivity contribution in [3.05, 3.63) is 35.9 Å². The number of hydrogen-bond acceptors (Lipinski definition) is 3. The van der Waals surface area contributed by atoms with Crippen LogP contribution in [0.1, 0.15) is 5.56 Å². The van der Waals surface area contributed by atoms with Gasteiger partial charge in [-0.3, -0.25) is 4.90 Å². The van der Waals surface area contributed by atoms with Crippen LogP contribution in [0, 0.1) is 11.8 Å². The highest BCUT2D eigenvalue weighted by Crippen LogP contribution is 2.23. The van der Waals surface area contributed by atoms with Gasteiger partial charge in [0, 0.05) is 26.2 Å². The molecule has 2 atom stereocenters. The first-order valence-corrected chi connectivity index (χ1v) is 5.90. The second kappa shape index (κ2) is 5.43. The molecule has 16 heavy (non-hydrogen) atoms. The molecular weight excluding hydrogens is 200 g/mol. The highest BCUT2D eigenvalue weighted by molar-refractivity contribution is 5.14. The Balaban J connectivity index is 1.93. The molecule has 1 heterocycles. The molecular formula is C13H20N2O. The van der Waals surface area contributed by atoms with Gasteiger partial charge in [-0.15, -0.1) is 0 Å². The maximum atomic E-state index is 9.27. The van der Waals surface area contributed by atoms with Gasteiger partial charge in [0.25, 0.3) is 0 Å². The molecule has 0 aliphatic carbocycles. The van der Waals surface area contributed by atoms with Gasteiger partial charge in [-0.25, -0.2) is 0 Å². The molecule has 3 heteroatoms. The van der Waals surface area contributed by atoms with E-state index < -0.39 is 0 Å². The van der Waals surface area contributed by atoms with Crippen LogP contribution >= 0.6 is 0 Å². The second-order valence-electron chi connectivity index (χ2n) is 4.62. The third-order valence-electron chi connectivity index (χ3n) is 3.44. The summed E-state index contributed by atoms with van der Waals surface area (Å²) in [5.74, 6) is 0.808. The van der Waals surface area contributed by atoms with Crippen molar-refractivity contribution in [1.82, 2.24) is 4.90 Å². The lowest BCUT2D eigenvalue weighted by Crippen LogP contribution is -2.24. The zero-order chi connectivity index (χ0) is 11.4. The molecule has 0 radical (unpaired) electrons. The number of benzene rings is 1. The van der Waals surface area contributed by atoms with Crippen molar-refractivity contribution in [2.45, 2.75) is 6.54 Å². The Morgan fingerprint density at radius 3 is 2.44 bits per heavy atom. The van der Waals surface area contributed by atoms with Gasteiger partial charge < -0.3 is 10.8 Å². The number of nitrogens with zero attached hydrogens (tertiary/aromatic N) is 1. The smallest absolute Gasteiger partial charge is 0.0475 e. The molecule has 1 saturated heterocycles. The van der Waals surface area contributed by atoms with E-state index in [0.717, 1.165) is 19.6 Å². The average Bonchev–Trinajstić information content (AvgIpc) is 2.72. The predicted octanol–water partition coefficient (Wildman–Crippen LogP) is 0.686. The zero-order valence-electron chi connectivity index (χ0n) is 9.55. The maximum Gasteiger partial charge on any atom is 0.0475 e. The standard InChI is InChI=1S/C13H20N2O/c14-6-12-8-15(9-13(12)10-16)7-11-4-2-1-3-5-11/h1-5,12-13,16H,6-10,14H2/t12-,13-/m1/s1. The second-order valence-corrected chi connectivity index (χ2v) is 4.62. The SMILES string of the molecule is NC[C@@H]1CN(Cc2ccccc2)C[C@@H]1CO. The van der Waals surface area contributed by atoms with Gasteiger partial charge >= 0.3 is 0 Å². The Bertz CT molecular complexity index is 303. The summed E-state index contributed by atoms with van der Waals surface area (Å²) in [5.41, 5.74) is 7.05. The van der Waals surface area contributed by atoms with Crippen molar-refractivity contribution in [2.24, 2.45) is 17.6 Å². The summed E-state index contributed by atoms with van der Waals surface area (Å²) < 4.78 is 0. The van der Waals surface area contributed by atoms with Crippen molar-refractivity contribution < 1.29 is 5.11 Å². The Labute approximate surface area is 96.9 Å². The van der Waals surface area contributed by atoms with Crippen molar-refractivity contribution in [2.75, 3.05) is 26.2 Å². The van der Waals surface area contributed by atoms with Gasteiger partial charge in [-0.05, 0) is 23.9 Å². The quantitative estimate of drug-likeness (QED) is 0.784. The summed E-state index contributed by atoms with van der Waals surface area (Å²) in [7, 11) is 0. The number of rotatable bonds is 4. The minimum absolute atomic E-state index is 0.257. The first-order chi connectivity index (χ1) is 7.83. The van der Waals surface area contributed by atoms with Crippen LogP contribution in [0.15, 0.2) is 30.3 Å². The highest BCUT2D eigenvalue weighted by atomic mass is 16.3. The van der Waals surface area contributed by atoms with Gasteiger partial charge in [-0.2, -0.15) is 0 Å². The van der Waals surface area contributed by atoms with Gasteiger partial charge in [0.1, 0.15) is 0 Å². The summed E-state index contributed by atoms with van der Waals surface area (Å²) >= 11 is 0. The van der Waals surface area contributed by atoms with Gasteiger partial charge in [0.15, 0.2) is 0 Å². The number of aliphatic hydroxyl groups excluding tert-OH is 1. The first kappa shape index (κ1) is 11.6. The Morgan fingerprint density at radius 2 is 1.88 bits per heavy atom. The fourth-order valence-corrected chi connectivity index (χ4v) is 2.48. The number of nitrogens with two attached hydrogens (primary N) is 1. The molecule has 1 fully saturated rings. The van der Waals surface area contributed by atoms with E-state index >= 15 is 0 Å². The summed E-state index contributed by atoms with van der Waals surface area (Å²) in [5, 5.41) is 9.27. The summed E-state index contributed by atoms with van der Waals surface area (Å²) in [6, 6.07) is 10.4. The summed E-state index contributed by atoms with van der Waals surface area (Å²) in [6.07, 6.45) is 0. The van der Waals surface area contributed by atoms with Crippen LogP contribution in [-0.4, -0.2) is 36.2 Å². The molecule has 0 saturated carbocycles. The van der Waals surface area contributed by atoms with E-state index in [1.165, 1.54) is 5.56 Å². The molecule has 1 aromatic rings. The molecule has 3 nitrogen and oxygen atoms in total. The molecule has 0 spiro atoms. The maximum absolute atomic E-state index is 9.27. The lowest BCUT2D eigenvalue weighted by atomic mass is 9.97. The van der Waals surface area contributed by atoms with Crippen molar-refractivity contribution >= 4 is 0 Å². The van der Waals surface area contributed by atoms with Crippen molar-refractivity contribution in [3.63, 3.8) is 0 Å². The monoisotopic (exact) mass is 220 g/mol. The Hall–Kier alpha value is -0.900. The van der Waals surface area contributed by atoms with Crippen LogP contribution in [0.25, 0.3) is 0 Å². The van der Waals surface area contributed by atoms with Crippen LogP contribution in [-0.2, 0) is 6.54 Å². The van der Waals surface area contributed by atoms with E-state index in [9.17, 15) is 5.11 Å². The van der Waals surface area contributed by atoms with Crippen LogP contribution in [0.5, 0.6) is 0 Å². The van der Waals surface area contributed by atoms with E-state index in [0.29, 0.717) is 18.4 Å². The fraction of sp³-hybridized carbons (Fsp3) is 0.538. The molecule has 0 aromatic heterocycles. The lowest BCUT2D eigenvalue weighted by Gasteiger charge is -2.15. The molecule has 0 unspecified atom stereocenters. The summed E-state index contributed by atoms with van der Waals surface area (Å²) in [4.78, 5) is 2.38. The lowest BCUT2D eigenvalue weighted by molar-refractivity contribution is 0.202. The molecule has 1 aliphatic rings. The minimum Gasteiger partial charge on any atom is -0.396 e. The van der Waals surface area contributed by atoms with Crippen molar-refractivity contribution in [1.29, 1.82) is 0 Å². The van der Waals surface area contributed by atoms with Gasteiger partial charge in [0.2, 0.25) is 0 Å². The van der Waals surface area contributed by atoms with Gasteiger partial charge in [-0.1, -0.05) is 30.3 Å². The third-order valence-corrected chi connectivity index (χ3v) is 3.44. The predicted molar refractivity (Wildman–Crippen MR) is 64.8 cm³/mol. The summed E-state index contributed by atoms with van der Waals surface area (Å²) in [6.45, 7) is 3.88. The first-order valence-electron chi connectivity index (χ1n) is 5.90. The number of aliphatic hydroxyl groups is 1.